The van der Waals surface area contributed by atoms with Gasteiger partial charge >= 0.3 is 7.60 Å². The maximum Gasteiger partial charge on any atom is 0.350 e. The minimum atomic E-state index is -4.43. The van der Waals surface area contributed by atoms with Gasteiger partial charge in [-0.2, -0.15) is 0 Å². The molecule has 0 saturated heterocycles. The molecule has 19 heavy (non-hydrogen) atoms. The molecule has 6 nitrogen and oxygen atoms in total. The quantitative estimate of drug-likeness (QED) is 0.592. The SMILES string of the molecule is CC(C)(NC(=O)[C@@H](N)Cc1ccccc1)P(=O)(O)O. The highest BCUT2D eigenvalue weighted by molar-refractivity contribution is 7.53. The molecule has 0 bridgehead atoms. The Morgan fingerprint density at radius 3 is 2.37 bits per heavy atom. The summed E-state index contributed by atoms with van der Waals surface area (Å²) in [6.45, 7) is 2.53. The van der Waals surface area contributed by atoms with Crippen molar-refractivity contribution < 1.29 is 19.1 Å². The van der Waals surface area contributed by atoms with Gasteiger partial charge in [-0.15, -0.1) is 0 Å². The molecule has 0 unspecified atom stereocenters. The molecule has 0 heterocycles. The number of rotatable bonds is 5. The van der Waals surface area contributed by atoms with Gasteiger partial charge in [0.05, 0.1) is 6.04 Å². The lowest BCUT2D eigenvalue weighted by molar-refractivity contribution is -0.123. The van der Waals surface area contributed by atoms with Gasteiger partial charge in [-0.05, 0) is 25.8 Å². The lowest BCUT2D eigenvalue weighted by atomic mass is 10.1. The van der Waals surface area contributed by atoms with E-state index in [2.05, 4.69) is 5.32 Å². The molecule has 1 rings (SSSR count). The lowest BCUT2D eigenvalue weighted by Gasteiger charge is -2.28. The smallest absolute Gasteiger partial charge is 0.339 e. The topological polar surface area (TPSA) is 113 Å². The average Bonchev–Trinajstić information content (AvgIpc) is 2.28. The highest BCUT2D eigenvalue weighted by Crippen LogP contribution is 2.48. The Labute approximate surface area is 112 Å². The predicted molar refractivity (Wildman–Crippen MR) is 72.4 cm³/mol. The van der Waals surface area contributed by atoms with Gasteiger partial charge in [0.15, 0.2) is 0 Å². The zero-order valence-corrected chi connectivity index (χ0v) is 11.8. The van der Waals surface area contributed by atoms with E-state index in [4.69, 9.17) is 15.5 Å². The van der Waals surface area contributed by atoms with Crippen molar-refractivity contribution >= 4 is 13.5 Å². The van der Waals surface area contributed by atoms with Crippen LogP contribution < -0.4 is 11.1 Å². The van der Waals surface area contributed by atoms with E-state index < -0.39 is 24.8 Å². The Bertz CT molecular complexity index is 484. The molecule has 1 atom stereocenters. The molecule has 5 N–H and O–H groups in total. The van der Waals surface area contributed by atoms with Crippen molar-refractivity contribution in [1.29, 1.82) is 0 Å². The minimum absolute atomic E-state index is 0.309. The first-order chi connectivity index (χ1) is 8.63. The number of amides is 1. The van der Waals surface area contributed by atoms with Gasteiger partial charge in [0.2, 0.25) is 5.91 Å². The van der Waals surface area contributed by atoms with E-state index in [1.54, 1.807) is 0 Å². The maximum atomic E-state index is 11.8. The largest absolute Gasteiger partial charge is 0.350 e. The number of nitrogens with two attached hydrogens (primary N) is 1. The molecule has 0 spiro atoms. The van der Waals surface area contributed by atoms with E-state index in [1.807, 2.05) is 30.3 Å². The average molecular weight is 286 g/mol. The molecule has 0 saturated carbocycles. The number of hydrogen-bond acceptors (Lipinski definition) is 3. The van der Waals surface area contributed by atoms with Gasteiger partial charge in [-0.25, -0.2) is 0 Å². The highest BCUT2D eigenvalue weighted by Gasteiger charge is 2.39. The summed E-state index contributed by atoms with van der Waals surface area (Å²) in [5.41, 5.74) is 6.62. The molecule has 0 aromatic heterocycles. The molecule has 1 amide bonds. The predicted octanol–water partition coefficient (Wildman–Crippen LogP) is 0.586. The van der Waals surface area contributed by atoms with Gasteiger partial charge in [-0.1, -0.05) is 30.3 Å². The van der Waals surface area contributed by atoms with Crippen LogP contribution in [-0.4, -0.2) is 27.0 Å². The highest BCUT2D eigenvalue weighted by atomic mass is 31.2. The Balaban J connectivity index is 2.66. The summed E-state index contributed by atoms with van der Waals surface area (Å²) in [6.07, 6.45) is 0.309. The summed E-state index contributed by atoms with van der Waals surface area (Å²) in [5, 5.41) is 0.663. The van der Waals surface area contributed by atoms with Crippen LogP contribution in [0.15, 0.2) is 30.3 Å². The monoisotopic (exact) mass is 286 g/mol. The van der Waals surface area contributed by atoms with Crippen LogP contribution in [0.5, 0.6) is 0 Å². The molecule has 1 aromatic carbocycles. The first-order valence-electron chi connectivity index (χ1n) is 5.80. The standard InChI is InChI=1S/C12H19N2O4P/c1-12(2,19(16,17)18)14-11(15)10(13)8-9-6-4-3-5-7-9/h3-7,10H,8,13H2,1-2H3,(H,14,15)(H2,16,17,18)/t10-/m0/s1. The lowest BCUT2D eigenvalue weighted by Crippen LogP contribution is -2.50. The van der Waals surface area contributed by atoms with Crippen LogP contribution in [0, 0.1) is 0 Å². The summed E-state index contributed by atoms with van der Waals surface area (Å²) in [6, 6.07) is 8.33. The number of carbonyl (C=O) groups is 1. The number of carbonyl (C=O) groups excluding carboxylic acids is 1. The first-order valence-corrected chi connectivity index (χ1v) is 7.42. The van der Waals surface area contributed by atoms with Gasteiger partial charge in [0, 0.05) is 0 Å². The van der Waals surface area contributed by atoms with Crippen molar-refractivity contribution in [2.45, 2.75) is 31.6 Å². The van der Waals surface area contributed by atoms with Crippen LogP contribution in [0.2, 0.25) is 0 Å². The van der Waals surface area contributed by atoms with Gasteiger partial charge in [0.25, 0.3) is 0 Å². The van der Waals surface area contributed by atoms with Gasteiger partial charge < -0.3 is 20.8 Å². The molecule has 0 radical (unpaired) electrons. The molecular weight excluding hydrogens is 267 g/mol. The third kappa shape index (κ3) is 4.44. The van der Waals surface area contributed by atoms with Crippen molar-refractivity contribution in [3.63, 3.8) is 0 Å². The third-order valence-electron chi connectivity index (χ3n) is 2.79. The van der Waals surface area contributed by atoms with Crippen LogP contribution in [-0.2, 0) is 15.8 Å². The van der Waals surface area contributed by atoms with E-state index in [0.717, 1.165) is 5.56 Å². The summed E-state index contributed by atoms with van der Waals surface area (Å²) in [7, 11) is -4.43. The third-order valence-corrected chi connectivity index (χ3v) is 4.36. The van der Waals surface area contributed by atoms with E-state index >= 15 is 0 Å². The summed E-state index contributed by atoms with van der Waals surface area (Å²) >= 11 is 0. The summed E-state index contributed by atoms with van der Waals surface area (Å²) < 4.78 is 11.2. The Kier molecular flexibility index (Phi) is 4.87. The number of hydrogen-bond donors (Lipinski definition) is 4. The van der Waals surface area contributed by atoms with Crippen LogP contribution >= 0.6 is 7.60 Å². The zero-order chi connectivity index (χ0) is 14.7. The van der Waals surface area contributed by atoms with E-state index in [9.17, 15) is 9.36 Å². The molecule has 0 fully saturated rings. The fourth-order valence-corrected chi connectivity index (χ4v) is 1.68. The van der Waals surface area contributed by atoms with E-state index in [1.165, 1.54) is 13.8 Å². The number of benzene rings is 1. The molecule has 0 aliphatic carbocycles. The van der Waals surface area contributed by atoms with E-state index in [0.29, 0.717) is 6.42 Å². The first kappa shape index (κ1) is 15.9. The zero-order valence-electron chi connectivity index (χ0n) is 10.9. The molecule has 0 aliphatic heterocycles. The van der Waals surface area contributed by atoms with Crippen molar-refractivity contribution in [3.8, 4) is 0 Å². The minimum Gasteiger partial charge on any atom is -0.339 e. The van der Waals surface area contributed by atoms with Crippen LogP contribution in [0.3, 0.4) is 0 Å². The Morgan fingerprint density at radius 2 is 1.89 bits per heavy atom. The van der Waals surface area contributed by atoms with Crippen LogP contribution in [0.4, 0.5) is 0 Å². The van der Waals surface area contributed by atoms with Gasteiger partial charge in [0.1, 0.15) is 5.28 Å². The van der Waals surface area contributed by atoms with Crippen LogP contribution in [0.1, 0.15) is 19.4 Å². The Hall–Kier alpha value is -1.20. The molecule has 106 valence electrons. The normalized spacial score (nSPS) is 13.9. The molecule has 1 aromatic rings. The fourth-order valence-electron chi connectivity index (χ4n) is 1.43. The molecule has 7 heteroatoms. The fraction of sp³-hybridized carbons (Fsp3) is 0.417. The van der Waals surface area contributed by atoms with Crippen molar-refractivity contribution in [1.82, 2.24) is 5.32 Å². The second-order valence-electron chi connectivity index (χ2n) is 4.89. The van der Waals surface area contributed by atoms with Crippen molar-refractivity contribution in [2.75, 3.05) is 0 Å². The van der Waals surface area contributed by atoms with E-state index in [-0.39, 0.29) is 0 Å². The van der Waals surface area contributed by atoms with Gasteiger partial charge in [-0.3, -0.25) is 9.36 Å². The van der Waals surface area contributed by atoms with Crippen LogP contribution in [0.25, 0.3) is 0 Å². The molecular formula is C12H19N2O4P. The maximum absolute atomic E-state index is 11.8. The molecule has 0 aliphatic rings. The summed E-state index contributed by atoms with van der Waals surface area (Å²) in [4.78, 5) is 30.1. The Morgan fingerprint density at radius 1 is 1.37 bits per heavy atom. The van der Waals surface area contributed by atoms with Crippen molar-refractivity contribution in [3.05, 3.63) is 35.9 Å². The number of nitrogens with one attached hydrogen (secondary N) is 1. The summed E-state index contributed by atoms with van der Waals surface area (Å²) in [5.74, 6) is -0.586. The second kappa shape index (κ2) is 5.84. The second-order valence-corrected chi connectivity index (χ2v) is 7.09. The van der Waals surface area contributed by atoms with Crippen molar-refractivity contribution in [2.24, 2.45) is 5.73 Å².